The van der Waals surface area contributed by atoms with Crippen molar-refractivity contribution in [2.45, 2.75) is 25.2 Å². The molecule has 0 bridgehead atoms. The molecule has 0 unspecified atom stereocenters. The van der Waals surface area contributed by atoms with E-state index in [1.54, 1.807) is 12.1 Å². The second-order valence-electron chi connectivity index (χ2n) is 5.22. The van der Waals surface area contributed by atoms with Crippen LogP contribution >= 0.6 is 0 Å². The van der Waals surface area contributed by atoms with Crippen molar-refractivity contribution < 1.29 is 22.7 Å². The molecule has 0 saturated heterocycles. The van der Waals surface area contributed by atoms with Crippen LogP contribution in [0, 0.1) is 0 Å². The number of sulfonamides is 1. The van der Waals surface area contributed by atoms with Crippen molar-refractivity contribution in [2.75, 3.05) is 17.9 Å². The second kappa shape index (κ2) is 8.53. The quantitative estimate of drug-likeness (QED) is 0.727. The summed E-state index contributed by atoms with van der Waals surface area (Å²) in [5.74, 6) is 0.180. The summed E-state index contributed by atoms with van der Waals surface area (Å²) in [5, 5.41) is 0. The number of hydrogen-bond acceptors (Lipinski definition) is 5. The fourth-order valence-corrected chi connectivity index (χ4v) is 3.11. The van der Waals surface area contributed by atoms with E-state index in [4.69, 9.17) is 9.47 Å². The van der Waals surface area contributed by atoms with Gasteiger partial charge >= 0.3 is 5.97 Å². The Bertz CT molecular complexity index is 798. The van der Waals surface area contributed by atoms with Gasteiger partial charge in [-0.2, -0.15) is 0 Å². The van der Waals surface area contributed by atoms with Crippen molar-refractivity contribution in [3.8, 4) is 5.75 Å². The Labute approximate surface area is 147 Å². The van der Waals surface area contributed by atoms with Crippen LogP contribution in [-0.2, 0) is 14.8 Å². The van der Waals surface area contributed by atoms with Gasteiger partial charge in [0.1, 0.15) is 5.75 Å². The van der Waals surface area contributed by atoms with Crippen LogP contribution in [0.4, 0.5) is 5.69 Å². The highest BCUT2D eigenvalue weighted by atomic mass is 32.2. The number of rotatable bonds is 8. The third-order valence-corrected chi connectivity index (χ3v) is 4.65. The molecule has 0 aliphatic heterocycles. The molecule has 0 spiro atoms. The fraction of sp³-hybridized carbons (Fsp3) is 0.278. The summed E-state index contributed by atoms with van der Waals surface area (Å²) < 4.78 is 37.6. The van der Waals surface area contributed by atoms with E-state index in [0.29, 0.717) is 30.2 Å². The Hall–Kier alpha value is -2.54. The summed E-state index contributed by atoms with van der Waals surface area (Å²) in [6, 6.07) is 12.2. The number of carbonyl (C=O) groups is 1. The van der Waals surface area contributed by atoms with Gasteiger partial charge in [-0.3, -0.25) is 4.72 Å². The van der Waals surface area contributed by atoms with Crippen molar-refractivity contribution in [1.82, 2.24) is 0 Å². The molecule has 25 heavy (non-hydrogen) atoms. The summed E-state index contributed by atoms with van der Waals surface area (Å²) >= 11 is 0. The molecular formula is C18H21NO5S. The SMILES string of the molecule is CCCOC(=O)c1ccc(NS(=O)(=O)c2ccc(OCC)cc2)cc1. The number of hydrogen-bond donors (Lipinski definition) is 1. The van der Waals surface area contributed by atoms with Gasteiger partial charge in [-0.1, -0.05) is 6.92 Å². The van der Waals surface area contributed by atoms with Crippen molar-refractivity contribution in [3.05, 3.63) is 54.1 Å². The number of carbonyl (C=O) groups excluding carboxylic acids is 1. The molecule has 1 N–H and O–H groups in total. The van der Waals surface area contributed by atoms with Gasteiger partial charge in [0.25, 0.3) is 10.0 Å². The van der Waals surface area contributed by atoms with Gasteiger partial charge in [-0.15, -0.1) is 0 Å². The van der Waals surface area contributed by atoms with Crippen molar-refractivity contribution in [2.24, 2.45) is 0 Å². The van der Waals surface area contributed by atoms with Crippen LogP contribution < -0.4 is 9.46 Å². The first-order valence-corrected chi connectivity index (χ1v) is 9.47. The Kier molecular flexibility index (Phi) is 6.41. The van der Waals surface area contributed by atoms with Gasteiger partial charge in [0.2, 0.25) is 0 Å². The van der Waals surface area contributed by atoms with Crippen LogP contribution in [0.1, 0.15) is 30.6 Å². The standard InChI is InChI=1S/C18H21NO5S/c1-3-13-24-18(20)14-5-7-15(8-6-14)19-25(21,22)17-11-9-16(10-12-17)23-4-2/h5-12,19H,3-4,13H2,1-2H3. The molecule has 0 amide bonds. The van der Waals surface area contributed by atoms with Gasteiger partial charge in [0.15, 0.2) is 0 Å². The van der Waals surface area contributed by atoms with E-state index >= 15 is 0 Å². The summed E-state index contributed by atoms with van der Waals surface area (Å²) in [4.78, 5) is 11.9. The zero-order valence-electron chi connectivity index (χ0n) is 14.2. The first-order valence-electron chi connectivity index (χ1n) is 7.99. The molecule has 2 aromatic rings. The largest absolute Gasteiger partial charge is 0.494 e. The number of ether oxygens (including phenoxy) is 2. The third kappa shape index (κ3) is 5.22. The minimum atomic E-state index is -3.71. The highest BCUT2D eigenvalue weighted by Gasteiger charge is 2.15. The highest BCUT2D eigenvalue weighted by molar-refractivity contribution is 7.92. The number of nitrogens with one attached hydrogen (secondary N) is 1. The van der Waals surface area contributed by atoms with Crippen LogP contribution in [0.25, 0.3) is 0 Å². The van der Waals surface area contributed by atoms with Crippen LogP contribution in [-0.4, -0.2) is 27.6 Å². The fourth-order valence-electron chi connectivity index (χ4n) is 2.05. The molecule has 2 aromatic carbocycles. The average molecular weight is 363 g/mol. The monoisotopic (exact) mass is 363 g/mol. The smallest absolute Gasteiger partial charge is 0.338 e. The lowest BCUT2D eigenvalue weighted by Gasteiger charge is -2.10. The van der Waals surface area contributed by atoms with Gasteiger partial charge in [-0.25, -0.2) is 13.2 Å². The Morgan fingerprint density at radius 3 is 2.20 bits per heavy atom. The van der Waals surface area contributed by atoms with Gasteiger partial charge < -0.3 is 9.47 Å². The molecule has 0 aliphatic rings. The maximum atomic E-state index is 12.4. The Morgan fingerprint density at radius 1 is 1.00 bits per heavy atom. The van der Waals surface area contributed by atoms with Gasteiger partial charge in [0.05, 0.1) is 23.7 Å². The molecule has 0 saturated carbocycles. The predicted octanol–water partition coefficient (Wildman–Crippen LogP) is 3.45. The summed E-state index contributed by atoms with van der Waals surface area (Å²) in [7, 11) is -3.71. The van der Waals surface area contributed by atoms with Crippen LogP contribution in [0.2, 0.25) is 0 Å². The first-order chi connectivity index (χ1) is 12.0. The lowest BCUT2D eigenvalue weighted by atomic mass is 10.2. The van der Waals surface area contributed by atoms with E-state index in [2.05, 4.69) is 4.72 Å². The topological polar surface area (TPSA) is 81.7 Å². The first kappa shape index (κ1) is 18.8. The van der Waals surface area contributed by atoms with Gasteiger partial charge in [-0.05, 0) is 61.9 Å². The molecule has 134 valence electrons. The molecule has 0 aliphatic carbocycles. The van der Waals surface area contributed by atoms with Crippen molar-refractivity contribution >= 4 is 21.7 Å². The summed E-state index contributed by atoms with van der Waals surface area (Å²) in [6.07, 6.45) is 0.742. The zero-order valence-corrected chi connectivity index (χ0v) is 15.0. The minimum absolute atomic E-state index is 0.127. The molecule has 2 rings (SSSR count). The van der Waals surface area contributed by atoms with E-state index in [9.17, 15) is 13.2 Å². The Morgan fingerprint density at radius 2 is 1.64 bits per heavy atom. The van der Waals surface area contributed by atoms with E-state index in [1.807, 2.05) is 13.8 Å². The van der Waals surface area contributed by atoms with E-state index in [-0.39, 0.29) is 4.90 Å². The number of benzene rings is 2. The highest BCUT2D eigenvalue weighted by Crippen LogP contribution is 2.20. The minimum Gasteiger partial charge on any atom is -0.494 e. The molecule has 6 nitrogen and oxygen atoms in total. The molecular weight excluding hydrogens is 342 g/mol. The maximum absolute atomic E-state index is 12.4. The van der Waals surface area contributed by atoms with Crippen LogP contribution in [0.3, 0.4) is 0 Å². The molecule has 0 atom stereocenters. The maximum Gasteiger partial charge on any atom is 0.338 e. The van der Waals surface area contributed by atoms with E-state index < -0.39 is 16.0 Å². The summed E-state index contributed by atoms with van der Waals surface area (Å²) in [6.45, 7) is 4.63. The number of esters is 1. The van der Waals surface area contributed by atoms with E-state index in [1.165, 1.54) is 36.4 Å². The van der Waals surface area contributed by atoms with E-state index in [0.717, 1.165) is 6.42 Å². The lowest BCUT2D eigenvalue weighted by molar-refractivity contribution is 0.0505. The van der Waals surface area contributed by atoms with Gasteiger partial charge in [0, 0.05) is 5.69 Å². The second-order valence-corrected chi connectivity index (χ2v) is 6.91. The number of anilines is 1. The van der Waals surface area contributed by atoms with Crippen LogP contribution in [0.5, 0.6) is 5.75 Å². The van der Waals surface area contributed by atoms with Crippen molar-refractivity contribution in [1.29, 1.82) is 0 Å². The third-order valence-electron chi connectivity index (χ3n) is 3.26. The van der Waals surface area contributed by atoms with Crippen molar-refractivity contribution in [3.63, 3.8) is 0 Å². The molecule has 0 fully saturated rings. The van der Waals surface area contributed by atoms with Crippen LogP contribution in [0.15, 0.2) is 53.4 Å². The Balaban J connectivity index is 2.08. The molecule has 0 heterocycles. The normalized spacial score (nSPS) is 11.0. The zero-order chi connectivity index (χ0) is 18.3. The predicted molar refractivity (Wildman–Crippen MR) is 95.4 cm³/mol. The summed E-state index contributed by atoms with van der Waals surface area (Å²) in [5.41, 5.74) is 0.735. The molecule has 0 aromatic heterocycles. The molecule has 7 heteroatoms. The lowest BCUT2D eigenvalue weighted by Crippen LogP contribution is -2.13. The molecule has 0 radical (unpaired) electrons. The average Bonchev–Trinajstić information content (AvgIpc) is 2.61.